The van der Waals surface area contributed by atoms with Gasteiger partial charge in [-0.25, -0.2) is 0 Å². The van der Waals surface area contributed by atoms with Gasteiger partial charge in [0.15, 0.2) is 0 Å². The highest BCUT2D eigenvalue weighted by Crippen LogP contribution is 2.33. The molecule has 0 spiro atoms. The Balaban J connectivity index is 2.12. The minimum Gasteiger partial charge on any atom is -0.481 e. The summed E-state index contributed by atoms with van der Waals surface area (Å²) in [4.78, 5) is 26.4. The molecule has 0 saturated carbocycles. The van der Waals surface area contributed by atoms with E-state index in [4.69, 9.17) is 4.74 Å². The van der Waals surface area contributed by atoms with Crippen LogP contribution in [0.1, 0.15) is 44.6 Å². The summed E-state index contributed by atoms with van der Waals surface area (Å²) in [5.74, 6) is -0.379. The third-order valence-electron chi connectivity index (χ3n) is 5.23. The quantitative estimate of drug-likeness (QED) is 0.823. The molecular weight excluding hydrogens is 318 g/mol. The maximum Gasteiger partial charge on any atom is 0.313 e. The zero-order valence-electron chi connectivity index (χ0n) is 15.4. The second-order valence-corrected chi connectivity index (χ2v) is 7.40. The summed E-state index contributed by atoms with van der Waals surface area (Å²) in [5, 5.41) is 9.65. The molecule has 1 N–H and O–H groups in total. The highest BCUT2D eigenvalue weighted by molar-refractivity contribution is 5.80. The molecule has 5 nitrogen and oxygen atoms in total. The fraction of sp³-hybridized carbons (Fsp3) is 0.600. The van der Waals surface area contributed by atoms with Crippen LogP contribution in [0.15, 0.2) is 30.3 Å². The van der Waals surface area contributed by atoms with Gasteiger partial charge in [-0.1, -0.05) is 44.2 Å². The van der Waals surface area contributed by atoms with Gasteiger partial charge in [0.25, 0.3) is 0 Å². The van der Waals surface area contributed by atoms with Gasteiger partial charge in [0.2, 0.25) is 5.91 Å². The molecule has 25 heavy (non-hydrogen) atoms. The minimum atomic E-state index is -0.983. The van der Waals surface area contributed by atoms with Crippen molar-refractivity contribution in [3.8, 4) is 0 Å². The molecule has 1 heterocycles. The third kappa shape index (κ3) is 4.60. The van der Waals surface area contributed by atoms with Crippen LogP contribution in [0.4, 0.5) is 0 Å². The van der Waals surface area contributed by atoms with Crippen molar-refractivity contribution in [2.75, 3.05) is 26.8 Å². The van der Waals surface area contributed by atoms with Crippen molar-refractivity contribution in [1.29, 1.82) is 0 Å². The van der Waals surface area contributed by atoms with Crippen LogP contribution < -0.4 is 0 Å². The number of carbonyl (C=O) groups excluding carboxylic acids is 1. The fourth-order valence-corrected chi connectivity index (χ4v) is 3.73. The van der Waals surface area contributed by atoms with E-state index in [9.17, 15) is 14.7 Å². The number of carboxylic acids is 1. The number of rotatable bonds is 7. The number of likely N-dealkylation sites (tertiary alicyclic amines) is 1. The molecule has 0 aromatic heterocycles. The van der Waals surface area contributed by atoms with Gasteiger partial charge in [0, 0.05) is 26.6 Å². The van der Waals surface area contributed by atoms with Gasteiger partial charge in [-0.05, 0) is 30.2 Å². The number of amides is 1. The highest BCUT2D eigenvalue weighted by Gasteiger charge is 2.44. The van der Waals surface area contributed by atoms with Crippen molar-refractivity contribution in [3.05, 3.63) is 35.9 Å². The number of hydrogen-bond donors (Lipinski definition) is 1. The Morgan fingerprint density at radius 2 is 1.96 bits per heavy atom. The Bertz CT molecular complexity index is 583. The number of nitrogens with zero attached hydrogens (tertiary/aromatic N) is 1. The molecular formula is C20H29NO4. The summed E-state index contributed by atoms with van der Waals surface area (Å²) in [6.45, 7) is 5.23. The smallest absolute Gasteiger partial charge is 0.313 e. The van der Waals surface area contributed by atoms with Crippen molar-refractivity contribution in [1.82, 2.24) is 4.90 Å². The largest absolute Gasteiger partial charge is 0.481 e. The Labute approximate surface area is 150 Å². The number of benzene rings is 1. The average molecular weight is 347 g/mol. The molecule has 0 aliphatic carbocycles. The Hall–Kier alpha value is -1.88. The van der Waals surface area contributed by atoms with E-state index in [1.54, 1.807) is 4.90 Å². The lowest BCUT2D eigenvalue weighted by atomic mass is 9.80. The van der Waals surface area contributed by atoms with Gasteiger partial charge in [-0.2, -0.15) is 0 Å². The van der Waals surface area contributed by atoms with Crippen LogP contribution in [0.5, 0.6) is 0 Å². The number of aliphatic carboxylic acids is 1. The predicted molar refractivity (Wildman–Crippen MR) is 96.4 cm³/mol. The molecule has 1 aromatic carbocycles. The summed E-state index contributed by atoms with van der Waals surface area (Å²) in [6, 6.07) is 10.1. The van der Waals surface area contributed by atoms with E-state index in [1.807, 2.05) is 18.2 Å². The van der Waals surface area contributed by atoms with E-state index >= 15 is 0 Å². The number of carboxylic acid groups (broad SMARTS) is 1. The lowest BCUT2D eigenvalue weighted by Gasteiger charge is -2.40. The molecule has 138 valence electrons. The predicted octanol–water partition coefficient (Wildman–Crippen LogP) is 3.16. The monoisotopic (exact) mass is 347 g/mol. The molecule has 1 aliphatic heterocycles. The van der Waals surface area contributed by atoms with Crippen LogP contribution in [-0.4, -0.2) is 48.7 Å². The van der Waals surface area contributed by atoms with Crippen LogP contribution >= 0.6 is 0 Å². The van der Waals surface area contributed by atoms with Gasteiger partial charge >= 0.3 is 5.97 Å². The molecule has 2 rings (SSSR count). The van der Waals surface area contributed by atoms with Crippen molar-refractivity contribution in [2.45, 2.75) is 39.0 Å². The summed E-state index contributed by atoms with van der Waals surface area (Å²) >= 11 is 0. The van der Waals surface area contributed by atoms with Gasteiger partial charge in [0.1, 0.15) is 5.41 Å². The lowest BCUT2D eigenvalue weighted by Crippen LogP contribution is -2.52. The number of hydrogen-bond acceptors (Lipinski definition) is 3. The first-order valence-corrected chi connectivity index (χ1v) is 8.94. The summed E-state index contributed by atoms with van der Waals surface area (Å²) in [6.07, 6.45) is 1.65. The van der Waals surface area contributed by atoms with Crippen LogP contribution in [0, 0.1) is 11.3 Å². The van der Waals surface area contributed by atoms with Crippen molar-refractivity contribution in [3.63, 3.8) is 0 Å². The van der Waals surface area contributed by atoms with E-state index in [-0.39, 0.29) is 25.0 Å². The van der Waals surface area contributed by atoms with Crippen molar-refractivity contribution < 1.29 is 19.4 Å². The summed E-state index contributed by atoms with van der Waals surface area (Å²) in [7, 11) is 1.51. The number of piperidine rings is 1. The van der Waals surface area contributed by atoms with E-state index in [1.165, 1.54) is 7.11 Å². The molecule has 1 saturated heterocycles. The van der Waals surface area contributed by atoms with Gasteiger partial charge in [0.05, 0.1) is 6.61 Å². The minimum absolute atomic E-state index is 0.0315. The fourth-order valence-electron chi connectivity index (χ4n) is 3.73. The van der Waals surface area contributed by atoms with Crippen LogP contribution in [0.25, 0.3) is 0 Å². The average Bonchev–Trinajstić information content (AvgIpc) is 2.60. The molecule has 2 unspecified atom stereocenters. The number of ether oxygens (including phenoxy) is 1. The maximum atomic E-state index is 12.9. The molecule has 1 amide bonds. The van der Waals surface area contributed by atoms with E-state index in [0.717, 1.165) is 5.56 Å². The number of methoxy groups -OCH3 is 1. The molecule has 1 aromatic rings. The first-order valence-electron chi connectivity index (χ1n) is 8.94. The SMILES string of the molecule is COCC1(C(=O)O)CCCN(C(=O)CC(c2ccccc2)C(C)C)C1. The Kier molecular flexibility index (Phi) is 6.59. The highest BCUT2D eigenvalue weighted by atomic mass is 16.5. The van der Waals surface area contributed by atoms with Crippen LogP contribution in [-0.2, 0) is 14.3 Å². The first kappa shape index (κ1) is 19.4. The molecule has 5 heteroatoms. The molecule has 1 aliphatic rings. The van der Waals surface area contributed by atoms with Crippen molar-refractivity contribution >= 4 is 11.9 Å². The molecule has 0 radical (unpaired) electrons. The lowest BCUT2D eigenvalue weighted by molar-refractivity contribution is -0.159. The van der Waals surface area contributed by atoms with Gasteiger partial charge in [-0.3, -0.25) is 9.59 Å². The normalized spacial score (nSPS) is 22.0. The van der Waals surface area contributed by atoms with Gasteiger partial charge in [-0.15, -0.1) is 0 Å². The van der Waals surface area contributed by atoms with E-state index < -0.39 is 11.4 Å². The third-order valence-corrected chi connectivity index (χ3v) is 5.23. The molecule has 1 fully saturated rings. The number of carbonyl (C=O) groups is 2. The molecule has 0 bridgehead atoms. The second-order valence-electron chi connectivity index (χ2n) is 7.40. The maximum absolute atomic E-state index is 12.9. The van der Waals surface area contributed by atoms with Gasteiger partial charge < -0.3 is 14.7 Å². The summed E-state index contributed by atoms with van der Waals surface area (Å²) in [5.41, 5.74) is 0.173. The standard InChI is InChI=1S/C20H29NO4/c1-15(2)17(16-8-5-4-6-9-16)12-18(22)21-11-7-10-20(13-21,14-25-3)19(23)24/h4-6,8-9,15,17H,7,10-14H2,1-3H3,(H,23,24). The van der Waals surface area contributed by atoms with E-state index in [2.05, 4.69) is 26.0 Å². The topological polar surface area (TPSA) is 66.8 Å². The zero-order valence-corrected chi connectivity index (χ0v) is 15.4. The zero-order chi connectivity index (χ0) is 18.4. The first-order chi connectivity index (χ1) is 11.9. The van der Waals surface area contributed by atoms with E-state index in [0.29, 0.717) is 31.7 Å². The van der Waals surface area contributed by atoms with Crippen molar-refractivity contribution in [2.24, 2.45) is 11.3 Å². The Morgan fingerprint density at radius 1 is 1.28 bits per heavy atom. The van der Waals surface area contributed by atoms with Crippen LogP contribution in [0.2, 0.25) is 0 Å². The second kappa shape index (κ2) is 8.48. The summed E-state index contributed by atoms with van der Waals surface area (Å²) < 4.78 is 5.14. The molecule has 2 atom stereocenters. The van der Waals surface area contributed by atoms with Crippen LogP contribution in [0.3, 0.4) is 0 Å². The Morgan fingerprint density at radius 3 is 2.52 bits per heavy atom.